The molecule has 0 aliphatic carbocycles. The molecule has 192 valence electrons. The van der Waals surface area contributed by atoms with Gasteiger partial charge in [-0.05, 0) is 65.9 Å². The SMILES string of the molecule is CNC(=O)c1ccc(C2=C(C(=O)OCOC(=O)C(C)(C)C)N3C(=O)[C@H]([C@@H](C)O[Si](C)(C)C)[C@H]3C2)s1. The van der Waals surface area contributed by atoms with Crippen LogP contribution < -0.4 is 5.32 Å². The third kappa shape index (κ3) is 5.67. The molecule has 9 nitrogen and oxygen atoms in total. The molecule has 0 unspecified atom stereocenters. The molecule has 1 N–H and O–H groups in total. The molecule has 1 aromatic rings. The van der Waals surface area contributed by atoms with Crippen LogP contribution in [0, 0.1) is 11.3 Å². The molecule has 1 aromatic heterocycles. The highest BCUT2D eigenvalue weighted by atomic mass is 32.1. The highest BCUT2D eigenvalue weighted by Gasteiger charge is 2.58. The number of carbonyl (C=O) groups is 4. The Morgan fingerprint density at radius 2 is 1.86 bits per heavy atom. The van der Waals surface area contributed by atoms with Gasteiger partial charge in [0.2, 0.25) is 12.7 Å². The number of hydrogen-bond donors (Lipinski definition) is 1. The first kappa shape index (κ1) is 27.1. The summed E-state index contributed by atoms with van der Waals surface area (Å²) in [5.74, 6) is -2.05. The normalized spacial score (nSPS) is 20.8. The Kier molecular flexibility index (Phi) is 7.63. The molecule has 3 atom stereocenters. The fourth-order valence-electron chi connectivity index (χ4n) is 4.26. The molecule has 0 radical (unpaired) electrons. The number of thiophene rings is 1. The van der Waals surface area contributed by atoms with E-state index in [0.29, 0.717) is 21.7 Å². The molecule has 0 bridgehead atoms. The summed E-state index contributed by atoms with van der Waals surface area (Å²) in [6.07, 6.45) is 0.153. The molecular formula is C24H34N2O7SSi. The van der Waals surface area contributed by atoms with Gasteiger partial charge >= 0.3 is 11.9 Å². The lowest BCUT2D eigenvalue weighted by molar-refractivity contribution is -0.175. The maximum atomic E-state index is 13.2. The number of nitrogens with zero attached hydrogens (tertiary/aromatic N) is 1. The molecule has 3 rings (SSSR count). The number of ether oxygens (including phenoxy) is 2. The minimum absolute atomic E-state index is 0.133. The predicted octanol–water partition coefficient (Wildman–Crippen LogP) is 3.38. The van der Waals surface area contributed by atoms with Crippen LogP contribution in [0.3, 0.4) is 0 Å². The monoisotopic (exact) mass is 522 g/mol. The minimum atomic E-state index is -1.88. The second kappa shape index (κ2) is 9.86. The van der Waals surface area contributed by atoms with E-state index in [4.69, 9.17) is 13.9 Å². The van der Waals surface area contributed by atoms with Crippen LogP contribution in [-0.4, -0.2) is 63.0 Å². The number of nitrogens with one attached hydrogen (secondary N) is 1. The summed E-state index contributed by atoms with van der Waals surface area (Å²) in [5.41, 5.74) is 0.0299. The Hall–Kier alpha value is -2.50. The van der Waals surface area contributed by atoms with E-state index in [-0.39, 0.29) is 35.6 Å². The zero-order valence-electron chi connectivity index (χ0n) is 21.5. The third-order valence-corrected chi connectivity index (χ3v) is 8.02. The third-order valence-electron chi connectivity index (χ3n) is 5.79. The average Bonchev–Trinajstić information content (AvgIpc) is 3.34. The highest BCUT2D eigenvalue weighted by Crippen LogP contribution is 2.49. The number of fused-ring (bicyclic) bond motifs is 1. The zero-order valence-corrected chi connectivity index (χ0v) is 23.3. The lowest BCUT2D eigenvalue weighted by Crippen LogP contribution is -2.63. The molecule has 0 saturated carbocycles. The summed E-state index contributed by atoms with van der Waals surface area (Å²) in [7, 11) is -0.334. The molecule has 0 spiro atoms. The Labute approximate surface area is 210 Å². The predicted molar refractivity (Wildman–Crippen MR) is 134 cm³/mol. The van der Waals surface area contributed by atoms with Crippen LogP contribution in [0.25, 0.3) is 5.57 Å². The van der Waals surface area contributed by atoms with Crippen LogP contribution in [0.4, 0.5) is 0 Å². The van der Waals surface area contributed by atoms with E-state index in [1.54, 1.807) is 40.0 Å². The first-order chi connectivity index (χ1) is 16.2. The van der Waals surface area contributed by atoms with Crippen LogP contribution >= 0.6 is 11.3 Å². The van der Waals surface area contributed by atoms with Crippen LogP contribution in [0.1, 0.15) is 48.7 Å². The van der Waals surface area contributed by atoms with Gasteiger partial charge in [0.05, 0.1) is 28.4 Å². The summed E-state index contributed by atoms with van der Waals surface area (Å²) in [5, 5.41) is 2.59. The largest absolute Gasteiger partial charge is 0.427 e. The van der Waals surface area contributed by atoms with Gasteiger partial charge in [0.25, 0.3) is 5.91 Å². The second-order valence-corrected chi connectivity index (χ2v) is 16.3. The fraction of sp³-hybridized carbons (Fsp3) is 0.583. The molecule has 1 fully saturated rings. The molecule has 11 heteroatoms. The molecular weight excluding hydrogens is 488 g/mol. The summed E-state index contributed by atoms with van der Waals surface area (Å²) in [6.45, 7) is 12.6. The van der Waals surface area contributed by atoms with Crippen LogP contribution in [0.5, 0.6) is 0 Å². The topological polar surface area (TPSA) is 111 Å². The van der Waals surface area contributed by atoms with Crippen molar-refractivity contribution in [1.29, 1.82) is 0 Å². The van der Waals surface area contributed by atoms with Crippen molar-refractivity contribution in [3.05, 3.63) is 27.6 Å². The minimum Gasteiger partial charge on any atom is -0.427 e. The summed E-state index contributed by atoms with van der Waals surface area (Å²) in [6, 6.07) is 3.21. The van der Waals surface area contributed by atoms with E-state index in [2.05, 4.69) is 25.0 Å². The van der Waals surface area contributed by atoms with Crippen molar-refractivity contribution in [2.45, 2.75) is 65.9 Å². The van der Waals surface area contributed by atoms with Gasteiger partial charge < -0.3 is 24.1 Å². The van der Waals surface area contributed by atoms with Gasteiger partial charge in [-0.3, -0.25) is 14.4 Å². The molecule has 2 aliphatic rings. The number of amides is 2. The van der Waals surface area contributed by atoms with Crippen LogP contribution in [0.2, 0.25) is 19.6 Å². The molecule has 2 aliphatic heterocycles. The van der Waals surface area contributed by atoms with E-state index in [1.165, 1.54) is 16.2 Å². The van der Waals surface area contributed by atoms with E-state index >= 15 is 0 Å². The summed E-state index contributed by atoms with van der Waals surface area (Å²) in [4.78, 5) is 53.1. The Morgan fingerprint density at radius 1 is 1.20 bits per heavy atom. The number of hydrogen-bond acceptors (Lipinski definition) is 8. The van der Waals surface area contributed by atoms with Crippen molar-refractivity contribution in [2.24, 2.45) is 11.3 Å². The lowest BCUT2D eigenvalue weighted by Gasteiger charge is -2.47. The van der Waals surface area contributed by atoms with Crippen molar-refractivity contribution >= 4 is 49.0 Å². The van der Waals surface area contributed by atoms with Crippen molar-refractivity contribution in [1.82, 2.24) is 10.2 Å². The first-order valence-corrected chi connectivity index (χ1v) is 15.8. The van der Waals surface area contributed by atoms with Crippen molar-refractivity contribution in [2.75, 3.05) is 13.8 Å². The van der Waals surface area contributed by atoms with E-state index in [0.717, 1.165) is 0 Å². The summed E-state index contributed by atoms with van der Waals surface area (Å²) < 4.78 is 16.5. The van der Waals surface area contributed by atoms with E-state index < -0.39 is 32.5 Å². The Balaban J connectivity index is 1.87. The first-order valence-electron chi connectivity index (χ1n) is 11.6. The smallest absolute Gasteiger partial charge is 0.358 e. The van der Waals surface area contributed by atoms with Crippen molar-refractivity contribution < 1.29 is 33.1 Å². The standard InChI is InChI=1S/C24H34N2O7SSi/c1-13(33-35(6,7)8)18-15-11-14(16-9-10-17(34-16)20(27)25-5)19(26(15)21(18)28)22(29)31-12-32-23(30)24(2,3)4/h9-10,13,15,18H,11-12H2,1-8H3,(H,25,27)/t13-,15-,18-/m1/s1. The zero-order chi connectivity index (χ0) is 26.3. The van der Waals surface area contributed by atoms with Gasteiger partial charge in [0.15, 0.2) is 8.32 Å². The lowest BCUT2D eigenvalue weighted by atomic mass is 9.83. The Morgan fingerprint density at radius 3 is 2.43 bits per heavy atom. The number of rotatable bonds is 8. The average molecular weight is 523 g/mol. The molecule has 2 amide bonds. The maximum absolute atomic E-state index is 13.2. The summed E-state index contributed by atoms with van der Waals surface area (Å²) >= 11 is 1.24. The van der Waals surface area contributed by atoms with Crippen molar-refractivity contribution in [3.8, 4) is 0 Å². The molecule has 3 heterocycles. The number of carbonyl (C=O) groups excluding carboxylic acids is 4. The van der Waals surface area contributed by atoms with Gasteiger partial charge in [0.1, 0.15) is 5.70 Å². The molecule has 1 saturated heterocycles. The van der Waals surface area contributed by atoms with E-state index in [1.807, 2.05) is 6.92 Å². The highest BCUT2D eigenvalue weighted by molar-refractivity contribution is 7.15. The van der Waals surface area contributed by atoms with Crippen LogP contribution in [0.15, 0.2) is 17.8 Å². The van der Waals surface area contributed by atoms with Gasteiger partial charge in [-0.2, -0.15) is 0 Å². The number of β-lactam (4-membered cyclic amide) rings is 1. The maximum Gasteiger partial charge on any atom is 0.358 e. The van der Waals surface area contributed by atoms with E-state index in [9.17, 15) is 19.2 Å². The van der Waals surface area contributed by atoms with Gasteiger partial charge in [-0.15, -0.1) is 11.3 Å². The quantitative estimate of drug-likeness (QED) is 0.241. The van der Waals surface area contributed by atoms with Gasteiger partial charge in [-0.25, -0.2) is 4.79 Å². The van der Waals surface area contributed by atoms with Crippen LogP contribution in [-0.2, 0) is 28.3 Å². The van der Waals surface area contributed by atoms with Gasteiger partial charge in [-0.1, -0.05) is 0 Å². The second-order valence-electron chi connectivity index (χ2n) is 10.7. The number of esters is 2. The fourth-order valence-corrected chi connectivity index (χ4v) is 6.53. The molecule has 35 heavy (non-hydrogen) atoms. The molecule has 0 aromatic carbocycles. The van der Waals surface area contributed by atoms with Crippen molar-refractivity contribution in [3.63, 3.8) is 0 Å². The van der Waals surface area contributed by atoms with Gasteiger partial charge in [0, 0.05) is 17.5 Å². The Bertz CT molecular complexity index is 1070.